The van der Waals surface area contributed by atoms with Crippen LogP contribution in [-0.4, -0.2) is 11.0 Å². The Balaban J connectivity index is 2.62. The van der Waals surface area contributed by atoms with Gasteiger partial charge in [-0.2, -0.15) is 19.4 Å². The number of phenols is 1. The Kier molecular flexibility index (Phi) is 10.4. The average Bonchev–Trinajstić information content (AvgIpc) is 2.78. The largest absolute Gasteiger partial charge is 0.505 e. The van der Waals surface area contributed by atoms with Crippen molar-refractivity contribution in [3.8, 4) is 5.75 Å². The average molecular weight is 550 g/mol. The van der Waals surface area contributed by atoms with Crippen molar-refractivity contribution in [3.63, 3.8) is 0 Å². The minimum absolute atomic E-state index is 0.0701. The predicted molar refractivity (Wildman–Crippen MR) is 120 cm³/mol. The molecule has 0 aromatic heterocycles. The summed E-state index contributed by atoms with van der Waals surface area (Å²) in [4.78, 5) is 9.28. The summed E-state index contributed by atoms with van der Waals surface area (Å²) in [7, 11) is 0. The molecule has 0 fully saturated rings. The molecular formula is C18H13F6NO2S5. The summed E-state index contributed by atoms with van der Waals surface area (Å²) in [6, 6.07) is 1.86. The first kappa shape index (κ1) is 27.0. The van der Waals surface area contributed by atoms with Crippen LogP contribution >= 0.6 is 60.7 Å². The summed E-state index contributed by atoms with van der Waals surface area (Å²) < 4.78 is 81.6. The summed E-state index contributed by atoms with van der Waals surface area (Å²) in [5.74, 6) is -2.85. The van der Waals surface area contributed by atoms with Crippen molar-refractivity contribution in [2.75, 3.05) is 5.32 Å². The molecule has 1 amide bonds. The van der Waals surface area contributed by atoms with Gasteiger partial charge in [-0.1, -0.05) is 11.6 Å². The van der Waals surface area contributed by atoms with Gasteiger partial charge in [-0.3, -0.25) is 4.79 Å². The molecule has 0 bridgehead atoms. The van der Waals surface area contributed by atoms with E-state index >= 15 is 0 Å². The van der Waals surface area contributed by atoms with Gasteiger partial charge >= 0.3 is 0 Å². The number of rotatable bonds is 9. The van der Waals surface area contributed by atoms with Crippen LogP contribution in [0.3, 0.4) is 0 Å². The molecular weight excluding hydrogens is 537 g/mol. The van der Waals surface area contributed by atoms with Crippen molar-refractivity contribution in [2.45, 2.75) is 44.7 Å². The van der Waals surface area contributed by atoms with Crippen LogP contribution in [0.1, 0.15) is 29.8 Å². The summed E-state index contributed by atoms with van der Waals surface area (Å²) >= 11 is -3.05. The van der Waals surface area contributed by atoms with E-state index in [4.69, 9.17) is 0 Å². The van der Waals surface area contributed by atoms with Crippen molar-refractivity contribution in [3.05, 3.63) is 40.7 Å². The zero-order valence-electron chi connectivity index (χ0n) is 16.1. The highest BCUT2D eigenvalue weighted by molar-refractivity contribution is 8.00. The van der Waals surface area contributed by atoms with Gasteiger partial charge in [0.25, 0.3) is 5.91 Å². The van der Waals surface area contributed by atoms with E-state index in [9.17, 15) is 33.7 Å². The Morgan fingerprint density at radius 1 is 0.906 bits per heavy atom. The number of benzene rings is 2. The minimum Gasteiger partial charge on any atom is -0.505 e. The summed E-state index contributed by atoms with van der Waals surface area (Å²) in [6.45, 7) is 3.55. The molecule has 0 aliphatic carbocycles. The molecule has 14 heteroatoms. The van der Waals surface area contributed by atoms with Crippen molar-refractivity contribution in [2.24, 2.45) is 0 Å². The SMILES string of the molecule is CC(C)=CCc1cc(C(=O)Nc2c(SF)c(SF)c(SF)c(SF)c2SF)cc(F)c1O. The monoisotopic (exact) mass is 549 g/mol. The number of phenolic OH excluding ortho intramolecular Hbond substituents is 1. The van der Waals surface area contributed by atoms with Crippen LogP contribution in [0.25, 0.3) is 0 Å². The first-order valence-electron chi connectivity index (χ1n) is 8.36. The Labute approximate surface area is 202 Å². The number of amides is 1. The van der Waals surface area contributed by atoms with Crippen molar-refractivity contribution >= 4 is 72.3 Å². The number of hydrogen-bond donors (Lipinski definition) is 2. The highest BCUT2D eigenvalue weighted by Crippen LogP contribution is 2.54. The van der Waals surface area contributed by atoms with Gasteiger partial charge in [-0.15, -0.1) is 0 Å². The number of anilines is 1. The molecule has 0 atom stereocenters. The summed E-state index contributed by atoms with van der Waals surface area (Å²) in [5, 5.41) is 12.0. The van der Waals surface area contributed by atoms with E-state index < -0.39 is 108 Å². The summed E-state index contributed by atoms with van der Waals surface area (Å²) in [5.41, 5.74) is -0.0322. The highest BCUT2D eigenvalue weighted by atomic mass is 32.2. The number of hydrogen-bond acceptors (Lipinski definition) is 7. The highest BCUT2D eigenvalue weighted by Gasteiger charge is 2.29. The third-order valence-electron chi connectivity index (χ3n) is 4.04. The van der Waals surface area contributed by atoms with Crippen molar-refractivity contribution in [1.29, 1.82) is 0 Å². The Hall–Kier alpha value is -1.22. The molecule has 0 heterocycles. The molecule has 2 rings (SSSR count). The normalized spacial score (nSPS) is 10.9. The third kappa shape index (κ3) is 5.82. The lowest BCUT2D eigenvalue weighted by atomic mass is 10.0. The van der Waals surface area contributed by atoms with Crippen LogP contribution in [0, 0.1) is 5.82 Å². The lowest BCUT2D eigenvalue weighted by Crippen LogP contribution is -2.15. The van der Waals surface area contributed by atoms with E-state index in [2.05, 4.69) is 5.32 Å². The number of carbonyl (C=O) groups excluding carboxylic acids is 1. The van der Waals surface area contributed by atoms with Crippen LogP contribution in [0.15, 0.2) is 48.3 Å². The smallest absolute Gasteiger partial charge is 0.255 e. The van der Waals surface area contributed by atoms with E-state index in [1.807, 2.05) is 0 Å². The van der Waals surface area contributed by atoms with E-state index in [-0.39, 0.29) is 17.5 Å². The van der Waals surface area contributed by atoms with Gasteiger partial charge in [0.15, 0.2) is 11.6 Å². The van der Waals surface area contributed by atoms with Crippen LogP contribution in [0.2, 0.25) is 0 Å². The van der Waals surface area contributed by atoms with Crippen LogP contribution in [0.5, 0.6) is 5.75 Å². The molecule has 0 aliphatic rings. The lowest BCUT2D eigenvalue weighted by Gasteiger charge is -2.18. The van der Waals surface area contributed by atoms with Crippen LogP contribution < -0.4 is 5.32 Å². The lowest BCUT2D eigenvalue weighted by molar-refractivity contribution is 0.102. The van der Waals surface area contributed by atoms with Gasteiger partial charge in [-0.25, -0.2) is 4.39 Å². The fourth-order valence-electron chi connectivity index (χ4n) is 2.55. The molecule has 2 aromatic carbocycles. The Morgan fingerprint density at radius 3 is 1.81 bits per heavy atom. The molecule has 0 saturated heterocycles. The number of carbonyl (C=O) groups is 1. The molecule has 2 N–H and O–H groups in total. The Bertz CT molecular complexity index is 1020. The van der Waals surface area contributed by atoms with Gasteiger partial charge in [0.2, 0.25) is 0 Å². The second-order valence-electron chi connectivity index (χ2n) is 6.31. The number of nitrogens with one attached hydrogen (secondary N) is 1. The fourth-order valence-corrected chi connectivity index (χ4v) is 5.40. The summed E-state index contributed by atoms with van der Waals surface area (Å²) in [6.07, 6.45) is 1.77. The maximum absolute atomic E-state index is 14.2. The van der Waals surface area contributed by atoms with E-state index in [0.717, 1.165) is 5.57 Å². The van der Waals surface area contributed by atoms with Gasteiger partial charge in [0, 0.05) is 11.1 Å². The second-order valence-corrected chi connectivity index (χ2v) is 9.12. The van der Waals surface area contributed by atoms with Crippen molar-refractivity contribution in [1.82, 2.24) is 0 Å². The van der Waals surface area contributed by atoms with Crippen LogP contribution in [-0.2, 0) is 6.42 Å². The first-order chi connectivity index (χ1) is 15.2. The Morgan fingerprint density at radius 2 is 1.38 bits per heavy atom. The van der Waals surface area contributed by atoms with Gasteiger partial charge < -0.3 is 10.4 Å². The van der Waals surface area contributed by atoms with E-state index in [0.29, 0.717) is 6.07 Å². The van der Waals surface area contributed by atoms with Crippen molar-refractivity contribution < 1.29 is 33.7 Å². The zero-order valence-corrected chi connectivity index (χ0v) is 20.2. The molecule has 0 spiro atoms. The van der Waals surface area contributed by atoms with E-state index in [1.165, 1.54) is 6.07 Å². The van der Waals surface area contributed by atoms with Gasteiger partial charge in [0.1, 0.15) is 0 Å². The second kappa shape index (κ2) is 12.3. The zero-order chi connectivity index (χ0) is 24.0. The molecule has 3 nitrogen and oxygen atoms in total. The van der Waals surface area contributed by atoms with Crippen LogP contribution in [0.4, 0.5) is 29.5 Å². The topological polar surface area (TPSA) is 49.3 Å². The minimum atomic E-state index is -1.11. The van der Waals surface area contributed by atoms with Gasteiger partial charge in [-0.05, 0) is 32.4 Å². The molecule has 0 saturated carbocycles. The molecule has 0 unspecified atom stereocenters. The molecule has 2 aromatic rings. The van der Waals surface area contributed by atoms with Gasteiger partial charge in [0.05, 0.1) is 90.9 Å². The molecule has 0 radical (unpaired) electrons. The third-order valence-corrected chi connectivity index (χ3v) is 7.37. The first-order valence-corrected chi connectivity index (χ1v) is 11.9. The molecule has 174 valence electrons. The maximum Gasteiger partial charge on any atom is 0.255 e. The predicted octanol–water partition coefficient (Wildman–Crippen LogP) is 9.18. The number of aromatic hydroxyl groups is 1. The fraction of sp³-hybridized carbons (Fsp3) is 0.167. The standard InChI is InChI=1S/C18H13F6NO2S5/c1-7(2)3-4-8-5-9(6-10(19)12(8)26)18(27)25-11-13(28-20)15(30-22)17(32-24)16(31-23)14(11)29-21/h3,5-6,26H,4H2,1-2H3,(H,25,27). The van der Waals surface area contributed by atoms with E-state index in [1.54, 1.807) is 19.9 Å². The number of halogens is 6. The quantitative estimate of drug-likeness (QED) is 0.239. The molecule has 32 heavy (non-hydrogen) atoms. The maximum atomic E-state index is 14.2. The number of allylic oxidation sites excluding steroid dienone is 2. The molecule has 0 aliphatic heterocycles.